The minimum atomic E-state index is 0.762. The zero-order valence-electron chi connectivity index (χ0n) is 6.78. The van der Waals surface area contributed by atoms with Crippen molar-refractivity contribution in [2.45, 2.75) is 13.8 Å². The maximum Gasteiger partial charge on any atom is 0.154 e. The van der Waals surface area contributed by atoms with Gasteiger partial charge < -0.3 is 0 Å². The van der Waals surface area contributed by atoms with Crippen LogP contribution in [-0.4, -0.2) is 14.8 Å². The topological polar surface area (TPSA) is 30.7 Å². The summed E-state index contributed by atoms with van der Waals surface area (Å²) in [5.41, 5.74) is 0. The van der Waals surface area contributed by atoms with Crippen LogP contribution in [0.5, 0.6) is 0 Å². The number of rotatable bonds is 2. The average Bonchev–Trinajstić information content (AvgIpc) is 2.32. The summed E-state index contributed by atoms with van der Waals surface area (Å²) < 4.78 is 1.70. The Morgan fingerprint density at radius 2 is 2.27 bits per heavy atom. The molecule has 0 aliphatic heterocycles. The van der Waals surface area contributed by atoms with E-state index in [0.29, 0.717) is 0 Å². The molecule has 0 aliphatic carbocycles. The first-order valence-electron chi connectivity index (χ1n) is 3.46. The van der Waals surface area contributed by atoms with Crippen LogP contribution in [0.15, 0.2) is 12.7 Å². The summed E-state index contributed by atoms with van der Waals surface area (Å²) in [7, 11) is 0. The summed E-state index contributed by atoms with van der Waals surface area (Å²) in [5, 5.41) is 4.12. The second-order valence-electron chi connectivity index (χ2n) is 2.15. The van der Waals surface area contributed by atoms with E-state index in [0.717, 1.165) is 11.6 Å². The highest BCUT2D eigenvalue weighted by molar-refractivity contribution is 5.41. The van der Waals surface area contributed by atoms with Crippen LogP contribution in [0.2, 0.25) is 0 Å². The van der Waals surface area contributed by atoms with Crippen LogP contribution in [0, 0.1) is 6.92 Å². The van der Waals surface area contributed by atoms with E-state index in [1.807, 2.05) is 26.1 Å². The van der Waals surface area contributed by atoms with Gasteiger partial charge in [0.05, 0.1) is 0 Å². The van der Waals surface area contributed by atoms with Crippen molar-refractivity contribution in [1.82, 2.24) is 14.8 Å². The minimum absolute atomic E-state index is 0.762. The summed E-state index contributed by atoms with van der Waals surface area (Å²) in [6.45, 7) is 7.42. The van der Waals surface area contributed by atoms with Crippen molar-refractivity contribution in [2.75, 3.05) is 0 Å². The van der Waals surface area contributed by atoms with Gasteiger partial charge in [0.15, 0.2) is 5.82 Å². The fraction of sp³-hybridized carbons (Fsp3) is 0.250. The van der Waals surface area contributed by atoms with E-state index in [9.17, 15) is 0 Å². The standard InChI is InChI=1S/C8H11N3/c1-4-6-11-8(5-2)9-7(3)10-11/h4-6H,2H2,1,3H3/b6-4-. The highest BCUT2D eigenvalue weighted by atomic mass is 15.3. The fourth-order valence-electron chi connectivity index (χ4n) is 0.837. The number of aryl methyl sites for hydroxylation is 1. The van der Waals surface area contributed by atoms with E-state index in [4.69, 9.17) is 0 Å². The number of hydrogen-bond donors (Lipinski definition) is 0. The highest BCUT2D eigenvalue weighted by Gasteiger charge is 1.98. The van der Waals surface area contributed by atoms with Gasteiger partial charge in [0.1, 0.15) is 5.82 Å². The highest BCUT2D eigenvalue weighted by Crippen LogP contribution is 1.99. The molecule has 0 saturated heterocycles. The molecule has 0 bridgehead atoms. The number of hydrogen-bond acceptors (Lipinski definition) is 2. The van der Waals surface area contributed by atoms with Crippen molar-refractivity contribution in [3.63, 3.8) is 0 Å². The van der Waals surface area contributed by atoms with Crippen LogP contribution in [-0.2, 0) is 0 Å². The molecule has 1 rings (SSSR count). The van der Waals surface area contributed by atoms with Crippen molar-refractivity contribution < 1.29 is 0 Å². The van der Waals surface area contributed by atoms with Crippen molar-refractivity contribution in [3.05, 3.63) is 24.3 Å². The van der Waals surface area contributed by atoms with E-state index >= 15 is 0 Å². The Labute approximate surface area is 66.1 Å². The lowest BCUT2D eigenvalue weighted by Gasteiger charge is -1.90. The number of aromatic nitrogens is 3. The molecule has 0 atom stereocenters. The lowest BCUT2D eigenvalue weighted by atomic mass is 10.6. The Morgan fingerprint density at radius 3 is 2.82 bits per heavy atom. The van der Waals surface area contributed by atoms with Crippen LogP contribution in [0.4, 0.5) is 0 Å². The number of allylic oxidation sites excluding steroid dienone is 1. The minimum Gasteiger partial charge on any atom is -0.221 e. The third-order valence-electron chi connectivity index (χ3n) is 1.24. The smallest absolute Gasteiger partial charge is 0.154 e. The summed E-state index contributed by atoms with van der Waals surface area (Å²) in [6.07, 6.45) is 5.43. The summed E-state index contributed by atoms with van der Waals surface area (Å²) >= 11 is 0. The maximum absolute atomic E-state index is 4.13. The third-order valence-corrected chi connectivity index (χ3v) is 1.24. The normalized spacial score (nSPS) is 10.7. The summed E-state index contributed by atoms with van der Waals surface area (Å²) in [5.74, 6) is 1.54. The molecule has 3 heteroatoms. The van der Waals surface area contributed by atoms with E-state index in [-0.39, 0.29) is 0 Å². The van der Waals surface area contributed by atoms with Gasteiger partial charge in [-0.3, -0.25) is 0 Å². The molecular weight excluding hydrogens is 138 g/mol. The summed E-state index contributed by atoms with van der Waals surface area (Å²) in [4.78, 5) is 4.13. The molecule has 0 aliphatic rings. The predicted octanol–water partition coefficient (Wildman–Crippen LogP) is 1.72. The van der Waals surface area contributed by atoms with Gasteiger partial charge in [-0.05, 0) is 19.9 Å². The molecule has 3 nitrogen and oxygen atoms in total. The molecule has 0 unspecified atom stereocenters. The zero-order valence-corrected chi connectivity index (χ0v) is 6.78. The first-order valence-corrected chi connectivity index (χ1v) is 3.46. The Hall–Kier alpha value is -1.38. The molecule has 1 heterocycles. The Balaban J connectivity index is 3.11. The van der Waals surface area contributed by atoms with E-state index < -0.39 is 0 Å². The molecule has 1 aromatic rings. The molecule has 0 aromatic carbocycles. The lowest BCUT2D eigenvalue weighted by molar-refractivity contribution is 0.902. The van der Waals surface area contributed by atoms with Gasteiger partial charge >= 0.3 is 0 Å². The second-order valence-corrected chi connectivity index (χ2v) is 2.15. The molecule has 1 aromatic heterocycles. The monoisotopic (exact) mass is 149 g/mol. The fourth-order valence-corrected chi connectivity index (χ4v) is 0.837. The van der Waals surface area contributed by atoms with Gasteiger partial charge in [0.25, 0.3) is 0 Å². The van der Waals surface area contributed by atoms with Gasteiger partial charge in [-0.2, -0.15) is 5.10 Å². The first-order chi connectivity index (χ1) is 5.27. The van der Waals surface area contributed by atoms with Crippen LogP contribution in [0.3, 0.4) is 0 Å². The van der Waals surface area contributed by atoms with Gasteiger partial charge in [0, 0.05) is 6.20 Å². The molecule has 0 amide bonds. The summed E-state index contributed by atoms with van der Waals surface area (Å²) in [6, 6.07) is 0. The van der Waals surface area contributed by atoms with Crippen molar-refractivity contribution in [3.8, 4) is 0 Å². The van der Waals surface area contributed by atoms with E-state index in [2.05, 4.69) is 16.7 Å². The molecule has 0 saturated carbocycles. The number of nitrogens with zero attached hydrogens (tertiary/aromatic N) is 3. The second kappa shape index (κ2) is 3.14. The maximum atomic E-state index is 4.13. The van der Waals surface area contributed by atoms with Crippen molar-refractivity contribution in [1.29, 1.82) is 0 Å². The Kier molecular flexibility index (Phi) is 2.21. The van der Waals surface area contributed by atoms with E-state index in [1.165, 1.54) is 0 Å². The SMILES string of the molecule is C=Cc1nc(C)nn1/C=C\C. The molecule has 0 fully saturated rings. The first kappa shape index (κ1) is 7.72. The van der Waals surface area contributed by atoms with Crippen LogP contribution >= 0.6 is 0 Å². The van der Waals surface area contributed by atoms with Gasteiger partial charge in [0.2, 0.25) is 0 Å². The van der Waals surface area contributed by atoms with Crippen molar-refractivity contribution >= 4 is 12.3 Å². The Bertz CT molecular complexity index is 284. The molecular formula is C8H11N3. The van der Waals surface area contributed by atoms with Crippen molar-refractivity contribution in [2.24, 2.45) is 0 Å². The molecule has 11 heavy (non-hydrogen) atoms. The van der Waals surface area contributed by atoms with Gasteiger partial charge in [-0.25, -0.2) is 9.67 Å². The largest absolute Gasteiger partial charge is 0.221 e. The average molecular weight is 149 g/mol. The molecule has 0 N–H and O–H groups in total. The van der Waals surface area contributed by atoms with Gasteiger partial charge in [-0.1, -0.05) is 12.7 Å². The molecule has 0 spiro atoms. The van der Waals surface area contributed by atoms with Crippen LogP contribution in [0.1, 0.15) is 18.6 Å². The molecule has 58 valence electrons. The lowest BCUT2D eigenvalue weighted by Crippen LogP contribution is -1.91. The van der Waals surface area contributed by atoms with Crippen LogP contribution in [0.25, 0.3) is 12.3 Å². The molecule has 0 radical (unpaired) electrons. The van der Waals surface area contributed by atoms with Gasteiger partial charge in [-0.15, -0.1) is 0 Å². The predicted molar refractivity (Wildman–Crippen MR) is 45.9 cm³/mol. The third kappa shape index (κ3) is 1.55. The zero-order chi connectivity index (χ0) is 8.27. The van der Waals surface area contributed by atoms with Crippen LogP contribution < -0.4 is 0 Å². The quantitative estimate of drug-likeness (QED) is 0.641. The Morgan fingerprint density at radius 1 is 1.55 bits per heavy atom. The van der Waals surface area contributed by atoms with E-state index in [1.54, 1.807) is 10.8 Å².